The third kappa shape index (κ3) is 4.90. The molecule has 132 valence electrons. The van der Waals surface area contributed by atoms with Crippen molar-refractivity contribution in [1.29, 1.82) is 0 Å². The standard InChI is InChI=1S/C18H19NO5S/c1-12-6-4-9-16(13(12)2)19-17(20)11-24-18(21)14-7-5-8-15(10-14)25(3,22)23/h4-10H,11H2,1-3H3,(H,19,20). The zero-order valence-corrected chi connectivity index (χ0v) is 15.0. The highest BCUT2D eigenvalue weighted by atomic mass is 32.2. The summed E-state index contributed by atoms with van der Waals surface area (Å²) in [6.07, 6.45) is 1.05. The fraction of sp³-hybridized carbons (Fsp3) is 0.222. The third-order valence-electron chi connectivity index (χ3n) is 3.71. The zero-order chi connectivity index (χ0) is 18.6. The fourth-order valence-electron chi connectivity index (χ4n) is 2.14. The van der Waals surface area contributed by atoms with Crippen LogP contribution in [-0.4, -0.2) is 33.2 Å². The summed E-state index contributed by atoms with van der Waals surface area (Å²) in [6, 6.07) is 11.0. The van der Waals surface area contributed by atoms with E-state index in [1.807, 2.05) is 26.0 Å². The topological polar surface area (TPSA) is 89.5 Å². The number of aryl methyl sites for hydroxylation is 1. The summed E-state index contributed by atoms with van der Waals surface area (Å²) in [5.74, 6) is -1.23. The van der Waals surface area contributed by atoms with Gasteiger partial charge in [-0.05, 0) is 49.2 Å². The Bertz CT molecular complexity index is 919. The lowest BCUT2D eigenvalue weighted by Crippen LogP contribution is -2.21. The molecule has 0 aromatic heterocycles. The Hall–Kier alpha value is -2.67. The summed E-state index contributed by atoms with van der Waals surface area (Å²) in [5, 5.41) is 2.68. The third-order valence-corrected chi connectivity index (χ3v) is 4.82. The monoisotopic (exact) mass is 361 g/mol. The number of benzene rings is 2. The molecule has 0 fully saturated rings. The highest BCUT2D eigenvalue weighted by molar-refractivity contribution is 7.90. The van der Waals surface area contributed by atoms with Crippen LogP contribution < -0.4 is 5.32 Å². The molecule has 25 heavy (non-hydrogen) atoms. The predicted octanol–water partition coefficient (Wildman–Crippen LogP) is 2.50. The van der Waals surface area contributed by atoms with Gasteiger partial charge in [0.25, 0.3) is 5.91 Å². The van der Waals surface area contributed by atoms with Crippen LogP contribution in [0.3, 0.4) is 0 Å². The molecule has 0 saturated heterocycles. The quantitative estimate of drug-likeness (QED) is 0.827. The van der Waals surface area contributed by atoms with Gasteiger partial charge in [-0.2, -0.15) is 0 Å². The molecule has 0 spiro atoms. The molecule has 6 nitrogen and oxygen atoms in total. The van der Waals surface area contributed by atoms with Crippen molar-refractivity contribution in [2.75, 3.05) is 18.2 Å². The van der Waals surface area contributed by atoms with Gasteiger partial charge in [-0.15, -0.1) is 0 Å². The van der Waals surface area contributed by atoms with Gasteiger partial charge >= 0.3 is 5.97 Å². The number of amides is 1. The Labute approximate surface area is 146 Å². The van der Waals surface area contributed by atoms with Gasteiger partial charge in [-0.25, -0.2) is 13.2 Å². The van der Waals surface area contributed by atoms with E-state index in [0.29, 0.717) is 5.69 Å². The molecule has 0 unspecified atom stereocenters. The molecular weight excluding hydrogens is 342 g/mol. The normalized spacial score (nSPS) is 11.0. The molecule has 0 aliphatic heterocycles. The van der Waals surface area contributed by atoms with Crippen molar-refractivity contribution >= 4 is 27.4 Å². The second kappa shape index (κ2) is 7.48. The Morgan fingerprint density at radius 2 is 1.76 bits per heavy atom. The van der Waals surface area contributed by atoms with E-state index in [9.17, 15) is 18.0 Å². The van der Waals surface area contributed by atoms with Crippen molar-refractivity contribution in [3.8, 4) is 0 Å². The first kappa shape index (κ1) is 18.7. The molecule has 0 aliphatic rings. The van der Waals surface area contributed by atoms with E-state index in [2.05, 4.69) is 5.32 Å². The molecule has 2 aromatic rings. The number of rotatable bonds is 5. The number of carbonyl (C=O) groups is 2. The van der Waals surface area contributed by atoms with E-state index in [1.165, 1.54) is 24.3 Å². The second-order valence-corrected chi connectivity index (χ2v) is 7.69. The number of sulfone groups is 1. The number of hydrogen-bond acceptors (Lipinski definition) is 5. The van der Waals surface area contributed by atoms with Crippen LogP contribution in [0.15, 0.2) is 47.4 Å². The number of nitrogens with one attached hydrogen (secondary N) is 1. The van der Waals surface area contributed by atoms with Crippen molar-refractivity contribution in [3.05, 3.63) is 59.2 Å². The largest absolute Gasteiger partial charge is 0.452 e. The molecule has 0 aliphatic carbocycles. The minimum absolute atomic E-state index is 0.0155. The average Bonchev–Trinajstić information content (AvgIpc) is 2.56. The van der Waals surface area contributed by atoms with Gasteiger partial charge in [-0.1, -0.05) is 18.2 Å². The van der Waals surface area contributed by atoms with Crippen LogP contribution in [0.5, 0.6) is 0 Å². The first-order chi connectivity index (χ1) is 11.7. The molecule has 2 aromatic carbocycles. The molecule has 0 atom stereocenters. The second-order valence-electron chi connectivity index (χ2n) is 5.67. The highest BCUT2D eigenvalue weighted by Gasteiger charge is 2.14. The molecule has 2 rings (SSSR count). The predicted molar refractivity (Wildman–Crippen MR) is 94.4 cm³/mol. The van der Waals surface area contributed by atoms with Crippen molar-refractivity contribution in [1.82, 2.24) is 0 Å². The van der Waals surface area contributed by atoms with E-state index < -0.39 is 28.3 Å². The summed E-state index contributed by atoms with van der Waals surface area (Å²) in [4.78, 5) is 24.0. The summed E-state index contributed by atoms with van der Waals surface area (Å²) in [7, 11) is -3.43. The fourth-order valence-corrected chi connectivity index (χ4v) is 2.81. The van der Waals surface area contributed by atoms with Crippen LogP contribution in [0.2, 0.25) is 0 Å². The number of carbonyl (C=O) groups excluding carboxylic acids is 2. The Morgan fingerprint density at radius 1 is 1.08 bits per heavy atom. The lowest BCUT2D eigenvalue weighted by molar-refractivity contribution is -0.119. The van der Waals surface area contributed by atoms with Crippen LogP contribution in [0, 0.1) is 13.8 Å². The summed E-state index contributed by atoms with van der Waals surface area (Å²) < 4.78 is 28.0. The van der Waals surface area contributed by atoms with Crippen LogP contribution in [-0.2, 0) is 19.4 Å². The molecule has 1 N–H and O–H groups in total. The SMILES string of the molecule is Cc1cccc(NC(=O)COC(=O)c2cccc(S(C)(=O)=O)c2)c1C. The Kier molecular flexibility index (Phi) is 5.58. The maximum atomic E-state index is 12.0. The average molecular weight is 361 g/mol. The molecule has 7 heteroatoms. The van der Waals surface area contributed by atoms with Crippen LogP contribution in [0.4, 0.5) is 5.69 Å². The van der Waals surface area contributed by atoms with Crippen LogP contribution >= 0.6 is 0 Å². The van der Waals surface area contributed by atoms with Gasteiger partial charge in [-0.3, -0.25) is 4.79 Å². The minimum atomic E-state index is -3.43. The highest BCUT2D eigenvalue weighted by Crippen LogP contribution is 2.18. The molecule has 0 heterocycles. The van der Waals surface area contributed by atoms with Gasteiger partial charge in [0.05, 0.1) is 10.5 Å². The Morgan fingerprint density at radius 3 is 2.44 bits per heavy atom. The van der Waals surface area contributed by atoms with Gasteiger partial charge in [0.15, 0.2) is 16.4 Å². The van der Waals surface area contributed by atoms with Crippen molar-refractivity contribution < 1.29 is 22.7 Å². The van der Waals surface area contributed by atoms with Gasteiger partial charge in [0, 0.05) is 11.9 Å². The van der Waals surface area contributed by atoms with Gasteiger partial charge in [0.1, 0.15) is 0 Å². The van der Waals surface area contributed by atoms with Crippen molar-refractivity contribution in [2.24, 2.45) is 0 Å². The molecule has 0 radical (unpaired) electrons. The molecule has 0 bridgehead atoms. The smallest absolute Gasteiger partial charge is 0.338 e. The van der Waals surface area contributed by atoms with E-state index >= 15 is 0 Å². The van der Waals surface area contributed by atoms with E-state index in [1.54, 1.807) is 6.07 Å². The van der Waals surface area contributed by atoms with Gasteiger partial charge < -0.3 is 10.1 Å². The molecule has 0 saturated carbocycles. The minimum Gasteiger partial charge on any atom is -0.452 e. The zero-order valence-electron chi connectivity index (χ0n) is 14.2. The lowest BCUT2D eigenvalue weighted by Gasteiger charge is -2.10. The van der Waals surface area contributed by atoms with E-state index in [0.717, 1.165) is 17.4 Å². The van der Waals surface area contributed by atoms with E-state index in [-0.39, 0.29) is 10.5 Å². The van der Waals surface area contributed by atoms with Crippen molar-refractivity contribution in [2.45, 2.75) is 18.7 Å². The number of esters is 1. The maximum Gasteiger partial charge on any atom is 0.338 e. The first-order valence-corrected chi connectivity index (χ1v) is 9.41. The number of anilines is 1. The van der Waals surface area contributed by atoms with Crippen LogP contribution in [0.25, 0.3) is 0 Å². The lowest BCUT2D eigenvalue weighted by atomic mass is 10.1. The summed E-state index contributed by atoms with van der Waals surface area (Å²) >= 11 is 0. The molecule has 1 amide bonds. The molecular formula is C18H19NO5S. The van der Waals surface area contributed by atoms with Gasteiger partial charge in [0.2, 0.25) is 0 Å². The Balaban J connectivity index is 2.00. The first-order valence-electron chi connectivity index (χ1n) is 7.52. The number of hydrogen-bond donors (Lipinski definition) is 1. The van der Waals surface area contributed by atoms with Crippen molar-refractivity contribution in [3.63, 3.8) is 0 Å². The maximum absolute atomic E-state index is 12.0. The summed E-state index contributed by atoms with van der Waals surface area (Å²) in [6.45, 7) is 3.35. The van der Waals surface area contributed by atoms with E-state index in [4.69, 9.17) is 4.74 Å². The summed E-state index contributed by atoms with van der Waals surface area (Å²) in [5.41, 5.74) is 2.69. The van der Waals surface area contributed by atoms with Crippen LogP contribution in [0.1, 0.15) is 21.5 Å². The number of ether oxygens (including phenoxy) is 1.